The van der Waals surface area contributed by atoms with Gasteiger partial charge in [0.25, 0.3) is 0 Å². The van der Waals surface area contributed by atoms with Crippen LogP contribution >= 0.6 is 0 Å². The fourth-order valence-corrected chi connectivity index (χ4v) is 1.62. The summed E-state index contributed by atoms with van der Waals surface area (Å²) in [6, 6.07) is 0. The minimum atomic E-state index is -0.176. The van der Waals surface area contributed by atoms with Crippen LogP contribution < -0.4 is 11.1 Å². The monoisotopic (exact) mass is 198 g/mol. The SMILES string of the molecule is CCCCCCNC(=O)C1(CN)CC1. The highest BCUT2D eigenvalue weighted by Gasteiger charge is 2.48. The predicted octanol–water partition coefficient (Wildman–Crippen LogP) is 1.42. The van der Waals surface area contributed by atoms with Gasteiger partial charge >= 0.3 is 0 Å². The van der Waals surface area contributed by atoms with E-state index in [-0.39, 0.29) is 11.3 Å². The fraction of sp³-hybridized carbons (Fsp3) is 0.909. The van der Waals surface area contributed by atoms with E-state index in [4.69, 9.17) is 5.73 Å². The van der Waals surface area contributed by atoms with Crippen LogP contribution in [-0.2, 0) is 4.79 Å². The van der Waals surface area contributed by atoms with Crippen molar-refractivity contribution in [3.63, 3.8) is 0 Å². The molecule has 0 radical (unpaired) electrons. The van der Waals surface area contributed by atoms with Crippen LogP contribution in [0.1, 0.15) is 45.4 Å². The maximum Gasteiger partial charge on any atom is 0.227 e. The number of rotatable bonds is 7. The molecule has 1 aliphatic carbocycles. The highest BCUT2D eigenvalue weighted by Crippen LogP contribution is 2.44. The number of nitrogens with one attached hydrogen (secondary N) is 1. The molecule has 0 heterocycles. The molecular weight excluding hydrogens is 176 g/mol. The molecule has 0 saturated heterocycles. The van der Waals surface area contributed by atoms with Crippen LogP contribution in [0.2, 0.25) is 0 Å². The molecule has 3 heteroatoms. The van der Waals surface area contributed by atoms with Gasteiger partial charge in [0.2, 0.25) is 5.91 Å². The highest BCUT2D eigenvalue weighted by atomic mass is 16.2. The molecule has 1 fully saturated rings. The van der Waals surface area contributed by atoms with Gasteiger partial charge in [-0.1, -0.05) is 26.2 Å². The van der Waals surface area contributed by atoms with Crippen molar-refractivity contribution in [1.29, 1.82) is 0 Å². The van der Waals surface area contributed by atoms with Crippen LogP contribution in [0.5, 0.6) is 0 Å². The second kappa shape index (κ2) is 5.35. The molecule has 3 nitrogen and oxygen atoms in total. The summed E-state index contributed by atoms with van der Waals surface area (Å²) < 4.78 is 0. The van der Waals surface area contributed by atoms with E-state index in [0.717, 1.165) is 25.8 Å². The Kier molecular flexibility index (Phi) is 4.39. The number of carbonyl (C=O) groups is 1. The van der Waals surface area contributed by atoms with E-state index in [1.165, 1.54) is 19.3 Å². The van der Waals surface area contributed by atoms with E-state index in [9.17, 15) is 4.79 Å². The maximum atomic E-state index is 11.6. The molecule has 1 saturated carbocycles. The Morgan fingerprint density at radius 3 is 2.57 bits per heavy atom. The Morgan fingerprint density at radius 2 is 2.07 bits per heavy atom. The molecule has 1 aliphatic rings. The highest BCUT2D eigenvalue weighted by molar-refractivity contribution is 5.85. The molecular formula is C11H22N2O. The lowest BCUT2D eigenvalue weighted by molar-refractivity contribution is -0.125. The van der Waals surface area contributed by atoms with Gasteiger partial charge in [-0.05, 0) is 19.3 Å². The molecule has 3 N–H and O–H groups in total. The zero-order valence-corrected chi connectivity index (χ0v) is 9.14. The van der Waals surface area contributed by atoms with Crippen LogP contribution in [0.3, 0.4) is 0 Å². The maximum absolute atomic E-state index is 11.6. The number of amides is 1. The van der Waals surface area contributed by atoms with Gasteiger partial charge in [-0.15, -0.1) is 0 Å². The molecule has 0 bridgehead atoms. The Labute approximate surface area is 86.4 Å². The molecule has 0 spiro atoms. The van der Waals surface area contributed by atoms with Gasteiger partial charge in [-0.3, -0.25) is 4.79 Å². The second-order valence-electron chi connectivity index (χ2n) is 4.30. The van der Waals surface area contributed by atoms with Crippen molar-refractivity contribution in [3.05, 3.63) is 0 Å². The summed E-state index contributed by atoms with van der Waals surface area (Å²) in [5, 5.41) is 2.98. The average molecular weight is 198 g/mol. The van der Waals surface area contributed by atoms with E-state index in [1.807, 2.05) is 0 Å². The van der Waals surface area contributed by atoms with Gasteiger partial charge in [-0.25, -0.2) is 0 Å². The lowest BCUT2D eigenvalue weighted by Gasteiger charge is -2.12. The smallest absolute Gasteiger partial charge is 0.227 e. The molecule has 82 valence electrons. The van der Waals surface area contributed by atoms with E-state index in [0.29, 0.717) is 6.54 Å². The summed E-state index contributed by atoms with van der Waals surface area (Å²) in [6.45, 7) is 3.51. The number of hydrogen-bond acceptors (Lipinski definition) is 2. The number of nitrogens with two attached hydrogens (primary N) is 1. The molecule has 0 aromatic rings. The second-order valence-corrected chi connectivity index (χ2v) is 4.30. The number of unbranched alkanes of at least 4 members (excludes halogenated alkanes) is 3. The summed E-state index contributed by atoms with van der Waals surface area (Å²) in [5.74, 6) is 0.177. The summed E-state index contributed by atoms with van der Waals surface area (Å²) >= 11 is 0. The third-order valence-electron chi connectivity index (χ3n) is 3.04. The number of carbonyl (C=O) groups excluding carboxylic acids is 1. The Morgan fingerprint density at radius 1 is 1.36 bits per heavy atom. The molecule has 14 heavy (non-hydrogen) atoms. The van der Waals surface area contributed by atoms with Crippen molar-refractivity contribution in [2.75, 3.05) is 13.1 Å². The first-order valence-electron chi connectivity index (χ1n) is 5.73. The van der Waals surface area contributed by atoms with Crippen molar-refractivity contribution < 1.29 is 4.79 Å². The van der Waals surface area contributed by atoms with Gasteiger partial charge in [0.1, 0.15) is 0 Å². The predicted molar refractivity (Wildman–Crippen MR) is 57.9 cm³/mol. The zero-order chi connectivity index (χ0) is 10.4. The van der Waals surface area contributed by atoms with E-state index < -0.39 is 0 Å². The first-order chi connectivity index (χ1) is 6.75. The van der Waals surface area contributed by atoms with Crippen LogP contribution in [0, 0.1) is 5.41 Å². The lowest BCUT2D eigenvalue weighted by Crippen LogP contribution is -2.37. The summed E-state index contributed by atoms with van der Waals surface area (Å²) in [5.41, 5.74) is 5.38. The van der Waals surface area contributed by atoms with Crippen molar-refractivity contribution in [3.8, 4) is 0 Å². The van der Waals surface area contributed by atoms with E-state index >= 15 is 0 Å². The lowest BCUT2D eigenvalue weighted by atomic mass is 10.1. The Balaban J connectivity index is 2.04. The largest absolute Gasteiger partial charge is 0.356 e. The third-order valence-corrected chi connectivity index (χ3v) is 3.04. The first-order valence-corrected chi connectivity index (χ1v) is 5.73. The third kappa shape index (κ3) is 2.98. The van der Waals surface area contributed by atoms with Crippen LogP contribution in [0.15, 0.2) is 0 Å². The Hall–Kier alpha value is -0.570. The topological polar surface area (TPSA) is 55.1 Å². The number of hydrogen-bond donors (Lipinski definition) is 2. The van der Waals surface area contributed by atoms with Gasteiger partial charge < -0.3 is 11.1 Å². The van der Waals surface area contributed by atoms with Gasteiger partial charge in [0.05, 0.1) is 5.41 Å². The van der Waals surface area contributed by atoms with Gasteiger partial charge in [0, 0.05) is 13.1 Å². The molecule has 1 rings (SSSR count). The minimum absolute atomic E-state index is 0.176. The molecule has 1 amide bonds. The Bertz CT molecular complexity index is 188. The minimum Gasteiger partial charge on any atom is -0.356 e. The summed E-state index contributed by atoms with van der Waals surface area (Å²) in [6.07, 6.45) is 6.76. The normalized spacial score (nSPS) is 17.9. The van der Waals surface area contributed by atoms with E-state index in [2.05, 4.69) is 12.2 Å². The molecule has 0 aromatic heterocycles. The van der Waals surface area contributed by atoms with Crippen molar-refractivity contribution >= 4 is 5.91 Å². The molecule has 0 atom stereocenters. The summed E-state index contributed by atoms with van der Waals surface area (Å²) in [7, 11) is 0. The van der Waals surface area contributed by atoms with Crippen LogP contribution in [0.4, 0.5) is 0 Å². The molecule has 0 aromatic carbocycles. The average Bonchev–Trinajstić information content (AvgIpc) is 2.98. The molecule has 0 unspecified atom stereocenters. The van der Waals surface area contributed by atoms with Crippen molar-refractivity contribution in [2.45, 2.75) is 45.4 Å². The van der Waals surface area contributed by atoms with Gasteiger partial charge in [-0.2, -0.15) is 0 Å². The van der Waals surface area contributed by atoms with Crippen LogP contribution in [0.25, 0.3) is 0 Å². The quantitative estimate of drug-likeness (QED) is 0.608. The fourth-order valence-electron chi connectivity index (χ4n) is 1.62. The summed E-state index contributed by atoms with van der Waals surface area (Å²) in [4.78, 5) is 11.6. The van der Waals surface area contributed by atoms with Crippen molar-refractivity contribution in [2.24, 2.45) is 11.1 Å². The zero-order valence-electron chi connectivity index (χ0n) is 9.14. The molecule has 0 aliphatic heterocycles. The van der Waals surface area contributed by atoms with E-state index in [1.54, 1.807) is 0 Å². The van der Waals surface area contributed by atoms with Crippen LogP contribution in [-0.4, -0.2) is 19.0 Å². The standard InChI is InChI=1S/C11H22N2O/c1-2-3-4-5-8-13-10(14)11(9-12)6-7-11/h2-9,12H2,1H3,(H,13,14). The van der Waals surface area contributed by atoms with Crippen molar-refractivity contribution in [1.82, 2.24) is 5.32 Å². The first kappa shape index (κ1) is 11.5. The van der Waals surface area contributed by atoms with Gasteiger partial charge in [0.15, 0.2) is 0 Å².